The van der Waals surface area contributed by atoms with Gasteiger partial charge in [-0.2, -0.15) is 0 Å². The first-order valence-electron chi connectivity index (χ1n) is 7.86. The number of unbranched alkanes of at least 4 members (excludes halogenated alkanes) is 2. The smallest absolute Gasteiger partial charge is 0.313 e. The lowest BCUT2D eigenvalue weighted by Crippen LogP contribution is -2.41. The average molecular weight is 325 g/mol. The van der Waals surface area contributed by atoms with Gasteiger partial charge in [0.2, 0.25) is 0 Å². The van der Waals surface area contributed by atoms with Crippen LogP contribution in [-0.4, -0.2) is 29.8 Å². The Hall–Kier alpha value is -1.55. The van der Waals surface area contributed by atoms with E-state index < -0.39 is 11.8 Å². The lowest BCUT2D eigenvalue weighted by Gasteiger charge is -2.22. The summed E-state index contributed by atoms with van der Waals surface area (Å²) in [5, 5.41) is 3.20. The Kier molecular flexibility index (Phi) is 7.96. The van der Waals surface area contributed by atoms with Gasteiger partial charge in [0.05, 0.1) is 0 Å². The SMILES string of the molecule is CCCCN(CCCC)C(=O)C(=O)Nc1cc(Cl)ccc1C. The van der Waals surface area contributed by atoms with Crippen LogP contribution < -0.4 is 5.32 Å². The molecule has 4 nitrogen and oxygen atoms in total. The minimum absolute atomic E-state index is 0.471. The Balaban J connectivity index is 2.75. The van der Waals surface area contributed by atoms with Crippen molar-refractivity contribution in [2.45, 2.75) is 46.5 Å². The minimum atomic E-state index is -0.599. The van der Waals surface area contributed by atoms with Gasteiger partial charge in [-0.1, -0.05) is 44.4 Å². The summed E-state index contributed by atoms with van der Waals surface area (Å²) in [5.74, 6) is -1.07. The molecule has 0 fully saturated rings. The zero-order chi connectivity index (χ0) is 16.5. The summed E-state index contributed by atoms with van der Waals surface area (Å²) in [7, 11) is 0. The Bertz CT molecular complexity index is 509. The van der Waals surface area contributed by atoms with Gasteiger partial charge in [0, 0.05) is 23.8 Å². The molecule has 1 aromatic rings. The number of rotatable bonds is 7. The Morgan fingerprint density at radius 1 is 1.14 bits per heavy atom. The van der Waals surface area contributed by atoms with Crippen molar-refractivity contribution in [2.24, 2.45) is 0 Å². The molecule has 122 valence electrons. The largest absolute Gasteiger partial charge is 0.334 e. The molecule has 22 heavy (non-hydrogen) atoms. The van der Waals surface area contributed by atoms with Crippen LogP contribution in [0.1, 0.15) is 45.1 Å². The first-order valence-corrected chi connectivity index (χ1v) is 8.23. The van der Waals surface area contributed by atoms with E-state index in [0.717, 1.165) is 31.2 Å². The van der Waals surface area contributed by atoms with E-state index in [4.69, 9.17) is 11.6 Å². The van der Waals surface area contributed by atoms with E-state index in [1.165, 1.54) is 0 Å². The van der Waals surface area contributed by atoms with Gasteiger partial charge in [0.15, 0.2) is 0 Å². The van der Waals surface area contributed by atoms with Crippen LogP contribution in [0.25, 0.3) is 0 Å². The van der Waals surface area contributed by atoms with Crippen molar-refractivity contribution in [3.8, 4) is 0 Å². The molecular formula is C17H25ClN2O2. The van der Waals surface area contributed by atoms with Crippen molar-refractivity contribution in [1.82, 2.24) is 4.90 Å². The van der Waals surface area contributed by atoms with Crippen LogP contribution in [0.2, 0.25) is 5.02 Å². The molecule has 2 amide bonds. The highest BCUT2D eigenvalue weighted by atomic mass is 35.5. The van der Waals surface area contributed by atoms with Crippen molar-refractivity contribution < 1.29 is 9.59 Å². The molecule has 1 aromatic carbocycles. The van der Waals surface area contributed by atoms with E-state index >= 15 is 0 Å². The number of benzene rings is 1. The fraction of sp³-hybridized carbons (Fsp3) is 0.529. The van der Waals surface area contributed by atoms with Crippen LogP contribution in [-0.2, 0) is 9.59 Å². The fourth-order valence-electron chi connectivity index (χ4n) is 2.06. The first-order chi connectivity index (χ1) is 10.5. The van der Waals surface area contributed by atoms with Crippen molar-refractivity contribution in [3.05, 3.63) is 28.8 Å². The van der Waals surface area contributed by atoms with Gasteiger partial charge in [-0.05, 0) is 37.5 Å². The highest BCUT2D eigenvalue weighted by Crippen LogP contribution is 2.20. The molecule has 0 aliphatic rings. The number of nitrogens with one attached hydrogen (secondary N) is 1. The molecule has 0 unspecified atom stereocenters. The number of hydrogen-bond acceptors (Lipinski definition) is 2. The Morgan fingerprint density at radius 2 is 1.73 bits per heavy atom. The van der Waals surface area contributed by atoms with Gasteiger partial charge in [0.25, 0.3) is 0 Å². The van der Waals surface area contributed by atoms with Crippen LogP contribution >= 0.6 is 11.6 Å². The second-order valence-corrected chi connectivity index (χ2v) is 5.85. The second-order valence-electron chi connectivity index (χ2n) is 5.41. The maximum absolute atomic E-state index is 12.3. The van der Waals surface area contributed by atoms with E-state index in [-0.39, 0.29) is 0 Å². The number of aryl methyl sites for hydroxylation is 1. The summed E-state index contributed by atoms with van der Waals surface area (Å²) in [6.45, 7) is 7.24. The predicted octanol–water partition coefficient (Wildman–Crippen LogP) is 4.02. The molecule has 0 saturated carbocycles. The average Bonchev–Trinajstić information content (AvgIpc) is 2.50. The summed E-state index contributed by atoms with van der Waals surface area (Å²) in [4.78, 5) is 26.2. The monoisotopic (exact) mass is 324 g/mol. The van der Waals surface area contributed by atoms with Crippen molar-refractivity contribution >= 4 is 29.1 Å². The molecule has 0 radical (unpaired) electrons. The molecule has 0 aliphatic heterocycles. The molecule has 1 N–H and O–H groups in total. The number of carbonyl (C=O) groups is 2. The normalized spacial score (nSPS) is 10.4. The van der Waals surface area contributed by atoms with Gasteiger partial charge >= 0.3 is 11.8 Å². The summed E-state index contributed by atoms with van der Waals surface area (Å²) in [5.41, 5.74) is 1.45. The maximum atomic E-state index is 12.3. The molecule has 1 rings (SSSR count). The molecule has 5 heteroatoms. The molecule has 0 atom stereocenters. The summed E-state index contributed by atoms with van der Waals surface area (Å²) < 4.78 is 0. The number of hydrogen-bond donors (Lipinski definition) is 1. The third-order valence-corrected chi connectivity index (χ3v) is 3.73. The summed E-state index contributed by atoms with van der Waals surface area (Å²) in [6, 6.07) is 5.22. The van der Waals surface area contributed by atoms with Crippen LogP contribution in [0, 0.1) is 6.92 Å². The lowest BCUT2D eigenvalue weighted by molar-refractivity contribution is -0.143. The number of anilines is 1. The van der Waals surface area contributed by atoms with E-state index in [9.17, 15) is 9.59 Å². The molecule has 0 bridgehead atoms. The summed E-state index contributed by atoms with van der Waals surface area (Å²) in [6.07, 6.45) is 3.79. The van der Waals surface area contributed by atoms with Crippen LogP contribution in [0.15, 0.2) is 18.2 Å². The van der Waals surface area contributed by atoms with Crippen LogP contribution in [0.3, 0.4) is 0 Å². The van der Waals surface area contributed by atoms with Crippen LogP contribution in [0.4, 0.5) is 5.69 Å². The van der Waals surface area contributed by atoms with Gasteiger partial charge < -0.3 is 10.2 Å². The molecule has 0 spiro atoms. The quantitative estimate of drug-likeness (QED) is 0.770. The Morgan fingerprint density at radius 3 is 2.27 bits per heavy atom. The van der Waals surface area contributed by atoms with Gasteiger partial charge in [0.1, 0.15) is 0 Å². The minimum Gasteiger partial charge on any atom is -0.334 e. The van der Waals surface area contributed by atoms with E-state index in [0.29, 0.717) is 23.8 Å². The third kappa shape index (κ3) is 5.68. The van der Waals surface area contributed by atoms with E-state index in [1.807, 2.05) is 13.0 Å². The highest BCUT2D eigenvalue weighted by molar-refractivity contribution is 6.39. The van der Waals surface area contributed by atoms with Crippen molar-refractivity contribution in [1.29, 1.82) is 0 Å². The van der Waals surface area contributed by atoms with E-state index in [1.54, 1.807) is 17.0 Å². The standard InChI is InChI=1S/C17H25ClN2O2/c1-4-6-10-20(11-7-5-2)17(22)16(21)19-15-12-14(18)9-8-13(15)3/h8-9,12H,4-7,10-11H2,1-3H3,(H,19,21). The second kappa shape index (κ2) is 9.46. The van der Waals surface area contributed by atoms with Crippen molar-refractivity contribution in [2.75, 3.05) is 18.4 Å². The Labute approximate surface area is 137 Å². The van der Waals surface area contributed by atoms with Gasteiger partial charge in [-0.15, -0.1) is 0 Å². The molecule has 0 saturated heterocycles. The number of carbonyl (C=O) groups excluding carboxylic acids is 2. The van der Waals surface area contributed by atoms with Crippen molar-refractivity contribution in [3.63, 3.8) is 0 Å². The molecular weight excluding hydrogens is 300 g/mol. The zero-order valence-electron chi connectivity index (χ0n) is 13.6. The molecule has 0 heterocycles. The predicted molar refractivity (Wildman–Crippen MR) is 91.2 cm³/mol. The topological polar surface area (TPSA) is 49.4 Å². The number of amides is 2. The maximum Gasteiger partial charge on any atom is 0.313 e. The highest BCUT2D eigenvalue weighted by Gasteiger charge is 2.21. The zero-order valence-corrected chi connectivity index (χ0v) is 14.4. The number of nitrogens with zero attached hydrogens (tertiary/aromatic N) is 1. The van der Waals surface area contributed by atoms with Gasteiger partial charge in [-0.3, -0.25) is 9.59 Å². The number of halogens is 1. The van der Waals surface area contributed by atoms with Gasteiger partial charge in [-0.25, -0.2) is 0 Å². The molecule has 0 aromatic heterocycles. The molecule has 0 aliphatic carbocycles. The van der Waals surface area contributed by atoms with Crippen LogP contribution in [0.5, 0.6) is 0 Å². The first kappa shape index (κ1) is 18.5. The fourth-order valence-corrected chi connectivity index (χ4v) is 2.23. The lowest BCUT2D eigenvalue weighted by atomic mass is 10.2. The van der Waals surface area contributed by atoms with E-state index in [2.05, 4.69) is 19.2 Å². The summed E-state index contributed by atoms with van der Waals surface area (Å²) >= 11 is 5.93. The third-order valence-electron chi connectivity index (χ3n) is 3.49.